The van der Waals surface area contributed by atoms with E-state index < -0.39 is 8.07 Å². The van der Waals surface area contributed by atoms with E-state index in [1.165, 1.54) is 66.8 Å². The minimum Gasteiger partial charge on any atom is -0.313 e. The van der Waals surface area contributed by atoms with Gasteiger partial charge in [0.2, 0.25) is 0 Å². The third kappa shape index (κ3) is 3.47. The molecule has 0 aliphatic heterocycles. The second-order valence-electron chi connectivity index (χ2n) is 12.3. The quantitative estimate of drug-likeness (QED) is 0.195. The molecule has 1 aromatic heterocycles. The van der Waals surface area contributed by atoms with Gasteiger partial charge in [0.15, 0.2) is 0 Å². The predicted octanol–water partition coefficient (Wildman–Crippen LogP) is 10.4. The highest BCUT2D eigenvalue weighted by molar-refractivity contribution is 6.82. The maximum absolute atomic E-state index is 2.64. The number of fused-ring (bicyclic) bond motifs is 6. The van der Waals surface area contributed by atoms with Crippen LogP contribution in [0.15, 0.2) is 133 Å². The standard InChI is InChI=1S/C39H33NSi/c1-26-25-34-29(27-15-6-4-7-16-27)22-14-23-32(34)38(26)41(2,3)39-31-20-11-10-19-30(31)36-33-21-12-13-24-35(33)40(37(36)39)28-17-8-5-9-18-28/h4-25,38-39H,1-3H3. The van der Waals surface area contributed by atoms with Gasteiger partial charge in [-0.25, -0.2) is 0 Å². The zero-order valence-electron chi connectivity index (χ0n) is 23.8. The number of hydrogen-bond donors (Lipinski definition) is 0. The molecule has 8 rings (SSSR count). The van der Waals surface area contributed by atoms with Crippen molar-refractivity contribution in [2.45, 2.75) is 31.1 Å². The first-order valence-electron chi connectivity index (χ1n) is 14.7. The molecule has 0 saturated heterocycles. The van der Waals surface area contributed by atoms with Gasteiger partial charge < -0.3 is 4.57 Å². The maximum Gasteiger partial charge on any atom is 0.0745 e. The van der Waals surface area contributed by atoms with E-state index in [9.17, 15) is 0 Å². The molecular formula is C39H33NSi. The lowest BCUT2D eigenvalue weighted by Crippen LogP contribution is -2.43. The van der Waals surface area contributed by atoms with Crippen LogP contribution in [0.1, 0.15) is 40.4 Å². The average Bonchev–Trinajstić information content (AvgIpc) is 3.64. The van der Waals surface area contributed by atoms with Crippen LogP contribution in [0, 0.1) is 0 Å². The smallest absolute Gasteiger partial charge is 0.0745 e. The highest BCUT2D eigenvalue weighted by Crippen LogP contribution is 2.58. The Morgan fingerprint density at radius 1 is 0.585 bits per heavy atom. The van der Waals surface area contributed by atoms with Crippen molar-refractivity contribution in [3.05, 3.63) is 155 Å². The lowest BCUT2D eigenvalue weighted by molar-refractivity contribution is 0.918. The zero-order valence-corrected chi connectivity index (χ0v) is 24.8. The van der Waals surface area contributed by atoms with Crippen LogP contribution in [-0.4, -0.2) is 12.6 Å². The molecule has 0 fully saturated rings. The number of allylic oxidation sites excluding steroid dienone is 1. The molecular weight excluding hydrogens is 511 g/mol. The van der Waals surface area contributed by atoms with Gasteiger partial charge in [-0.3, -0.25) is 0 Å². The summed E-state index contributed by atoms with van der Waals surface area (Å²) in [5.41, 5.74) is 16.3. The van der Waals surface area contributed by atoms with E-state index in [1.807, 2.05) is 0 Å². The molecule has 2 heteroatoms. The number of rotatable bonds is 4. The highest BCUT2D eigenvalue weighted by atomic mass is 28.3. The Labute approximate surface area is 243 Å². The summed E-state index contributed by atoms with van der Waals surface area (Å²) in [6.45, 7) is 7.66. The number of benzene rings is 5. The summed E-state index contributed by atoms with van der Waals surface area (Å²) in [4.78, 5) is 0. The second-order valence-corrected chi connectivity index (χ2v) is 17.1. The van der Waals surface area contributed by atoms with Crippen molar-refractivity contribution in [2.24, 2.45) is 0 Å². The van der Waals surface area contributed by atoms with E-state index in [0.717, 1.165) is 0 Å². The third-order valence-corrected chi connectivity index (χ3v) is 13.9. The summed E-state index contributed by atoms with van der Waals surface area (Å²) in [6.07, 6.45) is 2.49. The molecule has 0 saturated carbocycles. The van der Waals surface area contributed by atoms with E-state index in [-0.39, 0.29) is 0 Å². The second kappa shape index (κ2) is 9.05. The van der Waals surface area contributed by atoms with E-state index in [2.05, 4.69) is 158 Å². The molecule has 0 amide bonds. The normalized spacial score (nSPS) is 17.3. The third-order valence-electron chi connectivity index (χ3n) is 9.59. The summed E-state index contributed by atoms with van der Waals surface area (Å²) >= 11 is 0. The molecule has 0 radical (unpaired) electrons. The van der Waals surface area contributed by atoms with E-state index in [4.69, 9.17) is 0 Å². The monoisotopic (exact) mass is 543 g/mol. The Balaban J connectivity index is 1.38. The molecule has 2 aliphatic carbocycles. The first-order valence-corrected chi connectivity index (χ1v) is 17.9. The van der Waals surface area contributed by atoms with Gasteiger partial charge in [-0.05, 0) is 58.5 Å². The fourth-order valence-corrected chi connectivity index (χ4v) is 12.8. The molecule has 1 nitrogen and oxygen atoms in total. The van der Waals surface area contributed by atoms with Crippen molar-refractivity contribution < 1.29 is 0 Å². The number of hydrogen-bond acceptors (Lipinski definition) is 0. The van der Waals surface area contributed by atoms with Gasteiger partial charge in [0.1, 0.15) is 0 Å². The Kier molecular flexibility index (Phi) is 5.39. The number of nitrogens with zero attached hydrogens (tertiary/aromatic N) is 1. The van der Waals surface area contributed by atoms with Crippen LogP contribution < -0.4 is 0 Å². The van der Waals surface area contributed by atoms with E-state index in [0.29, 0.717) is 11.1 Å². The van der Waals surface area contributed by atoms with Crippen LogP contribution in [0.2, 0.25) is 13.1 Å². The molecule has 2 aliphatic rings. The number of para-hydroxylation sites is 2. The Hall–Kier alpha value is -4.40. The molecule has 198 valence electrons. The summed E-state index contributed by atoms with van der Waals surface area (Å²) < 4.78 is 2.58. The summed E-state index contributed by atoms with van der Waals surface area (Å²) in [5, 5.41) is 1.36. The van der Waals surface area contributed by atoms with Gasteiger partial charge in [-0.15, -0.1) is 0 Å². The van der Waals surface area contributed by atoms with E-state index >= 15 is 0 Å². The van der Waals surface area contributed by atoms with Gasteiger partial charge in [0, 0.05) is 33.4 Å². The fraction of sp³-hybridized carbons (Fsp3) is 0.128. The van der Waals surface area contributed by atoms with Gasteiger partial charge in [0.25, 0.3) is 0 Å². The van der Waals surface area contributed by atoms with Crippen molar-refractivity contribution in [1.82, 2.24) is 4.57 Å². The van der Waals surface area contributed by atoms with Crippen LogP contribution in [-0.2, 0) is 0 Å². The lowest BCUT2D eigenvalue weighted by atomic mass is 9.97. The summed E-state index contributed by atoms with van der Waals surface area (Å²) in [5.74, 6) is 0. The molecule has 5 aromatic carbocycles. The van der Waals surface area contributed by atoms with Crippen molar-refractivity contribution in [2.75, 3.05) is 0 Å². The Bertz CT molecular complexity index is 1960. The van der Waals surface area contributed by atoms with Crippen LogP contribution in [0.5, 0.6) is 0 Å². The van der Waals surface area contributed by atoms with Crippen molar-refractivity contribution >= 4 is 25.1 Å². The van der Waals surface area contributed by atoms with E-state index in [1.54, 1.807) is 0 Å². The van der Waals surface area contributed by atoms with Crippen LogP contribution >= 0.6 is 0 Å². The molecule has 0 N–H and O–H groups in total. The molecule has 2 atom stereocenters. The van der Waals surface area contributed by atoms with Crippen LogP contribution in [0.25, 0.3) is 44.9 Å². The van der Waals surface area contributed by atoms with Gasteiger partial charge in [-0.1, -0.05) is 134 Å². The number of aromatic nitrogens is 1. The first-order chi connectivity index (χ1) is 20.1. The molecule has 0 bridgehead atoms. The minimum atomic E-state index is -2.09. The van der Waals surface area contributed by atoms with Crippen LogP contribution in [0.4, 0.5) is 0 Å². The topological polar surface area (TPSA) is 4.93 Å². The van der Waals surface area contributed by atoms with Crippen LogP contribution in [0.3, 0.4) is 0 Å². The van der Waals surface area contributed by atoms with Crippen molar-refractivity contribution in [1.29, 1.82) is 0 Å². The molecule has 41 heavy (non-hydrogen) atoms. The Morgan fingerprint density at radius 2 is 1.22 bits per heavy atom. The SMILES string of the molecule is CC1=Cc2c(-c3ccccc3)cccc2C1[Si](C)(C)C1c2ccccc2-c2c1n(-c1ccccc1)c1ccccc21. The van der Waals surface area contributed by atoms with Crippen molar-refractivity contribution in [3.63, 3.8) is 0 Å². The maximum atomic E-state index is 2.64. The van der Waals surface area contributed by atoms with Crippen molar-refractivity contribution in [3.8, 4) is 27.9 Å². The molecule has 6 aromatic rings. The summed E-state index contributed by atoms with van der Waals surface area (Å²) in [6, 6.07) is 47.1. The Morgan fingerprint density at radius 3 is 2.02 bits per heavy atom. The largest absolute Gasteiger partial charge is 0.313 e. The predicted molar refractivity (Wildman–Crippen MR) is 176 cm³/mol. The minimum absolute atomic E-state index is 0.362. The fourth-order valence-electron chi connectivity index (χ4n) is 8.12. The van der Waals surface area contributed by atoms with Gasteiger partial charge >= 0.3 is 0 Å². The highest BCUT2D eigenvalue weighted by Gasteiger charge is 2.50. The molecule has 0 spiro atoms. The molecule has 1 heterocycles. The molecule has 2 unspecified atom stereocenters. The average molecular weight is 544 g/mol. The zero-order chi connectivity index (χ0) is 27.7. The first kappa shape index (κ1) is 24.4. The lowest BCUT2D eigenvalue weighted by Gasteiger charge is -2.39. The summed E-state index contributed by atoms with van der Waals surface area (Å²) in [7, 11) is -2.09. The van der Waals surface area contributed by atoms with Gasteiger partial charge in [0.05, 0.1) is 13.6 Å². The van der Waals surface area contributed by atoms with Gasteiger partial charge in [-0.2, -0.15) is 0 Å².